The van der Waals surface area contributed by atoms with Crippen LogP contribution < -0.4 is 4.74 Å². The number of ether oxygens (including phenoxy) is 2. The third-order valence-corrected chi connectivity index (χ3v) is 4.08. The highest BCUT2D eigenvalue weighted by Crippen LogP contribution is 2.32. The maximum Gasteiger partial charge on any atom is 0.118 e. The lowest BCUT2D eigenvalue weighted by atomic mass is 9.98. The van der Waals surface area contributed by atoms with Crippen LogP contribution in [0.1, 0.15) is 36.5 Å². The summed E-state index contributed by atoms with van der Waals surface area (Å²) in [5.41, 5.74) is 2.45. The molecule has 2 nitrogen and oxygen atoms in total. The molecule has 2 aromatic carbocycles. The normalized spacial score (nSPS) is 21.9. The summed E-state index contributed by atoms with van der Waals surface area (Å²) in [5.74, 6) is 0.889. The first-order valence-electron chi connectivity index (χ1n) is 7.88. The van der Waals surface area contributed by atoms with Crippen LogP contribution in [0.2, 0.25) is 0 Å². The van der Waals surface area contributed by atoms with Gasteiger partial charge in [0.15, 0.2) is 0 Å². The van der Waals surface area contributed by atoms with E-state index in [0.29, 0.717) is 0 Å². The summed E-state index contributed by atoms with van der Waals surface area (Å²) >= 11 is 0. The maximum absolute atomic E-state index is 6.24. The van der Waals surface area contributed by atoms with Gasteiger partial charge in [-0.15, -0.1) is 0 Å². The molecular weight excluding hydrogens is 272 g/mol. The molecule has 1 saturated heterocycles. The van der Waals surface area contributed by atoms with Crippen molar-refractivity contribution in [3.63, 3.8) is 0 Å². The van der Waals surface area contributed by atoms with Crippen molar-refractivity contribution in [3.05, 3.63) is 71.8 Å². The van der Waals surface area contributed by atoms with Gasteiger partial charge in [0.1, 0.15) is 5.75 Å². The molecule has 114 valence electrons. The van der Waals surface area contributed by atoms with Crippen LogP contribution in [0.25, 0.3) is 6.08 Å². The van der Waals surface area contributed by atoms with Crippen LogP contribution in [0.15, 0.2) is 60.7 Å². The van der Waals surface area contributed by atoms with Crippen molar-refractivity contribution in [2.24, 2.45) is 0 Å². The van der Waals surface area contributed by atoms with Gasteiger partial charge in [0.05, 0.1) is 19.3 Å². The van der Waals surface area contributed by atoms with Crippen LogP contribution in [0.4, 0.5) is 0 Å². The number of rotatable bonds is 4. The van der Waals surface area contributed by atoms with E-state index in [1.165, 1.54) is 17.5 Å². The van der Waals surface area contributed by atoms with Gasteiger partial charge in [-0.2, -0.15) is 0 Å². The highest BCUT2D eigenvalue weighted by Gasteiger charge is 2.21. The largest absolute Gasteiger partial charge is 0.497 e. The van der Waals surface area contributed by atoms with Gasteiger partial charge in [0.2, 0.25) is 0 Å². The van der Waals surface area contributed by atoms with E-state index in [2.05, 4.69) is 48.6 Å². The van der Waals surface area contributed by atoms with Gasteiger partial charge in [-0.1, -0.05) is 54.6 Å². The van der Waals surface area contributed by atoms with Gasteiger partial charge in [-0.3, -0.25) is 0 Å². The third kappa shape index (κ3) is 3.77. The number of hydrogen-bond acceptors (Lipinski definition) is 2. The lowest BCUT2D eigenvalue weighted by Crippen LogP contribution is -2.20. The molecule has 0 N–H and O–H groups in total. The third-order valence-electron chi connectivity index (χ3n) is 4.08. The summed E-state index contributed by atoms with van der Waals surface area (Å²) in [5, 5.41) is 0. The van der Waals surface area contributed by atoms with Crippen molar-refractivity contribution in [2.45, 2.75) is 31.5 Å². The van der Waals surface area contributed by atoms with Crippen LogP contribution in [0.3, 0.4) is 0 Å². The monoisotopic (exact) mass is 294 g/mol. The van der Waals surface area contributed by atoms with E-state index in [-0.39, 0.29) is 12.2 Å². The maximum atomic E-state index is 6.24. The highest BCUT2D eigenvalue weighted by molar-refractivity contribution is 5.49. The van der Waals surface area contributed by atoms with Gasteiger partial charge in [0.25, 0.3) is 0 Å². The molecule has 2 atom stereocenters. The SMILES string of the molecule is COc1ccc([C@H]2CCC[C@@H](/C=C/c3ccccc3)O2)cc1. The zero-order chi connectivity index (χ0) is 15.2. The minimum absolute atomic E-state index is 0.185. The van der Waals surface area contributed by atoms with Gasteiger partial charge in [-0.05, 0) is 42.5 Å². The second kappa shape index (κ2) is 7.28. The van der Waals surface area contributed by atoms with Crippen molar-refractivity contribution >= 4 is 6.08 Å². The van der Waals surface area contributed by atoms with E-state index < -0.39 is 0 Å². The molecule has 0 spiro atoms. The molecule has 22 heavy (non-hydrogen) atoms. The average Bonchev–Trinajstić information content (AvgIpc) is 2.61. The molecule has 0 unspecified atom stereocenters. The number of hydrogen-bond donors (Lipinski definition) is 0. The van der Waals surface area contributed by atoms with Crippen molar-refractivity contribution in [1.82, 2.24) is 0 Å². The Morgan fingerprint density at radius 2 is 1.77 bits per heavy atom. The first-order chi connectivity index (χ1) is 10.8. The minimum atomic E-state index is 0.185. The molecule has 0 bridgehead atoms. The minimum Gasteiger partial charge on any atom is -0.497 e. The van der Waals surface area contributed by atoms with Crippen LogP contribution in [0.5, 0.6) is 5.75 Å². The van der Waals surface area contributed by atoms with E-state index in [1.54, 1.807) is 7.11 Å². The number of methoxy groups -OCH3 is 1. The summed E-state index contributed by atoms with van der Waals surface area (Å²) in [6, 6.07) is 18.6. The van der Waals surface area contributed by atoms with Crippen molar-refractivity contribution in [3.8, 4) is 5.75 Å². The molecule has 0 aromatic heterocycles. The molecule has 0 radical (unpaired) electrons. The average molecular weight is 294 g/mol. The second-order valence-electron chi connectivity index (χ2n) is 5.64. The zero-order valence-electron chi connectivity index (χ0n) is 12.9. The summed E-state index contributed by atoms with van der Waals surface area (Å²) in [6.45, 7) is 0. The Kier molecular flexibility index (Phi) is 4.92. The first kappa shape index (κ1) is 14.9. The van der Waals surface area contributed by atoms with Crippen LogP contribution in [-0.2, 0) is 4.74 Å². The van der Waals surface area contributed by atoms with E-state index in [1.807, 2.05) is 18.2 Å². The van der Waals surface area contributed by atoms with Gasteiger partial charge in [0, 0.05) is 0 Å². The Bertz CT molecular complexity index is 601. The molecule has 2 aromatic rings. The van der Waals surface area contributed by atoms with Crippen LogP contribution in [-0.4, -0.2) is 13.2 Å². The van der Waals surface area contributed by atoms with E-state index in [9.17, 15) is 0 Å². The van der Waals surface area contributed by atoms with E-state index in [0.717, 1.165) is 18.6 Å². The Morgan fingerprint density at radius 1 is 1.00 bits per heavy atom. The zero-order valence-corrected chi connectivity index (χ0v) is 12.9. The Balaban J connectivity index is 1.64. The first-order valence-corrected chi connectivity index (χ1v) is 7.88. The molecule has 1 heterocycles. The molecule has 1 aliphatic rings. The predicted octanol–water partition coefficient (Wildman–Crippen LogP) is 5.02. The Hall–Kier alpha value is -2.06. The second-order valence-corrected chi connectivity index (χ2v) is 5.64. The summed E-state index contributed by atoms with van der Waals surface area (Å²) in [7, 11) is 1.69. The lowest BCUT2D eigenvalue weighted by molar-refractivity contribution is -0.0263. The van der Waals surface area contributed by atoms with E-state index in [4.69, 9.17) is 9.47 Å². The smallest absolute Gasteiger partial charge is 0.118 e. The Morgan fingerprint density at radius 3 is 2.50 bits per heavy atom. The van der Waals surface area contributed by atoms with Crippen molar-refractivity contribution in [1.29, 1.82) is 0 Å². The Labute approximate surface area is 132 Å². The molecular formula is C20H22O2. The quantitative estimate of drug-likeness (QED) is 0.788. The van der Waals surface area contributed by atoms with Gasteiger partial charge in [-0.25, -0.2) is 0 Å². The molecule has 1 fully saturated rings. The lowest BCUT2D eigenvalue weighted by Gasteiger charge is -2.28. The topological polar surface area (TPSA) is 18.5 Å². The molecule has 1 aliphatic heterocycles. The summed E-state index contributed by atoms with van der Waals surface area (Å²) in [6.07, 6.45) is 8.09. The van der Waals surface area contributed by atoms with Gasteiger partial charge < -0.3 is 9.47 Å². The fourth-order valence-electron chi connectivity index (χ4n) is 2.84. The molecule has 0 aliphatic carbocycles. The van der Waals surface area contributed by atoms with E-state index >= 15 is 0 Å². The van der Waals surface area contributed by atoms with Crippen LogP contribution in [0, 0.1) is 0 Å². The van der Waals surface area contributed by atoms with Gasteiger partial charge >= 0.3 is 0 Å². The van der Waals surface area contributed by atoms with Crippen molar-refractivity contribution < 1.29 is 9.47 Å². The molecule has 2 heteroatoms. The molecule has 3 rings (SSSR count). The fourth-order valence-corrected chi connectivity index (χ4v) is 2.84. The fraction of sp³-hybridized carbons (Fsp3) is 0.300. The summed E-state index contributed by atoms with van der Waals surface area (Å²) in [4.78, 5) is 0. The summed E-state index contributed by atoms with van der Waals surface area (Å²) < 4.78 is 11.5. The van der Waals surface area contributed by atoms with Crippen LogP contribution >= 0.6 is 0 Å². The molecule has 0 amide bonds. The number of benzene rings is 2. The predicted molar refractivity (Wildman–Crippen MR) is 89.9 cm³/mol. The molecule has 0 saturated carbocycles. The highest BCUT2D eigenvalue weighted by atomic mass is 16.5. The standard InChI is InChI=1S/C20H22O2/c1-21-18-14-11-17(12-15-18)20-9-5-8-19(22-20)13-10-16-6-3-2-4-7-16/h2-4,6-7,10-15,19-20H,5,8-9H2,1H3/b13-10+/t19-,20+/m0/s1. The van der Waals surface area contributed by atoms with Crippen molar-refractivity contribution in [2.75, 3.05) is 7.11 Å².